The number of nitrogens with one attached hydrogen (secondary N) is 2. The van der Waals surface area contributed by atoms with Gasteiger partial charge in [0.1, 0.15) is 22.9 Å². The van der Waals surface area contributed by atoms with Crippen molar-refractivity contribution in [1.29, 1.82) is 0 Å². The average molecular weight is 514 g/mol. The van der Waals surface area contributed by atoms with E-state index in [9.17, 15) is 19.5 Å². The van der Waals surface area contributed by atoms with Crippen LogP contribution in [-0.2, 0) is 13.2 Å². The number of anilines is 4. The molecule has 3 aromatic carbocycles. The molecule has 0 unspecified atom stereocenters. The molecule has 196 valence electrons. The Bertz CT molecular complexity index is 1620. The summed E-state index contributed by atoms with van der Waals surface area (Å²) < 4.78 is 5.85. The number of hydrogen-bond donors (Lipinski definition) is 3. The molecule has 5 rings (SSSR count). The molecule has 3 N–H and O–H groups in total. The van der Waals surface area contributed by atoms with Gasteiger partial charge in [0, 0.05) is 11.3 Å². The number of benzene rings is 2. The second-order valence-electron chi connectivity index (χ2n) is 10.9. The van der Waals surface area contributed by atoms with Crippen molar-refractivity contribution in [2.24, 2.45) is 5.41 Å². The molecular formula is C30H31N3O5. The molecule has 8 heteroatoms. The zero-order valence-corrected chi connectivity index (χ0v) is 22.1. The second kappa shape index (κ2) is 9.29. The molecule has 4 aromatic rings. The van der Waals surface area contributed by atoms with Gasteiger partial charge in [0.15, 0.2) is 0 Å². The molecule has 0 radical (unpaired) electrons. The van der Waals surface area contributed by atoms with E-state index in [0.717, 1.165) is 16.9 Å². The molecule has 38 heavy (non-hydrogen) atoms. The van der Waals surface area contributed by atoms with Crippen LogP contribution in [0.3, 0.4) is 0 Å². The summed E-state index contributed by atoms with van der Waals surface area (Å²) in [6, 6.07) is 14.2. The van der Waals surface area contributed by atoms with Crippen LogP contribution in [-0.4, -0.2) is 11.0 Å². The molecule has 0 saturated carbocycles. The standard InChI is InChI=1S/C30H31N3O5/c1-16-10-12-20(23-19(16)14-33(29(23)37)21-9-7-6-8-18(21)15-34)31-24-25(27(36)26(24)35)32-28(30(3,4)5)22-13-11-17(2)38-22/h6-13,28,31-32,34H,14-15H2,1-5H3/t28-/m0/s1. The van der Waals surface area contributed by atoms with Gasteiger partial charge in [0.2, 0.25) is 0 Å². The van der Waals surface area contributed by atoms with Gasteiger partial charge in [-0.3, -0.25) is 14.4 Å². The maximum absolute atomic E-state index is 13.7. The van der Waals surface area contributed by atoms with Crippen LogP contribution in [0.4, 0.5) is 22.7 Å². The SMILES string of the molecule is Cc1ccc([C@H](Nc2c(Nc3ccc(C)c4c3C(=O)N(c3ccccc3CO)C4)c(=O)c2=O)C(C)(C)C)o1. The monoisotopic (exact) mass is 513 g/mol. The Labute approximate surface area is 220 Å². The topological polar surface area (TPSA) is 112 Å². The summed E-state index contributed by atoms with van der Waals surface area (Å²) in [6.45, 7) is 9.99. The Morgan fingerprint density at radius 1 is 0.974 bits per heavy atom. The Kier molecular flexibility index (Phi) is 6.23. The second-order valence-corrected chi connectivity index (χ2v) is 10.9. The number of fused-ring (bicyclic) bond motifs is 1. The van der Waals surface area contributed by atoms with Crippen LogP contribution in [0.5, 0.6) is 0 Å². The number of nitrogens with zero attached hydrogens (tertiary/aromatic N) is 1. The lowest BCUT2D eigenvalue weighted by Crippen LogP contribution is -2.39. The van der Waals surface area contributed by atoms with E-state index in [-0.39, 0.29) is 35.3 Å². The van der Waals surface area contributed by atoms with Gasteiger partial charge in [0.05, 0.1) is 30.4 Å². The van der Waals surface area contributed by atoms with Crippen molar-refractivity contribution in [3.05, 3.63) is 103 Å². The van der Waals surface area contributed by atoms with Gasteiger partial charge in [-0.1, -0.05) is 45.0 Å². The molecule has 2 heterocycles. The van der Waals surface area contributed by atoms with E-state index in [1.807, 2.05) is 65.0 Å². The third kappa shape index (κ3) is 4.20. The highest BCUT2D eigenvalue weighted by Gasteiger charge is 2.36. The summed E-state index contributed by atoms with van der Waals surface area (Å²) >= 11 is 0. The van der Waals surface area contributed by atoms with Crippen LogP contribution >= 0.6 is 0 Å². The minimum atomic E-state index is -0.641. The van der Waals surface area contributed by atoms with Crippen molar-refractivity contribution >= 4 is 28.7 Å². The molecule has 0 spiro atoms. The number of aliphatic hydroxyl groups excluding tert-OH is 1. The number of rotatable bonds is 7. The fraction of sp³-hybridized carbons (Fsp3) is 0.300. The molecule has 0 aliphatic carbocycles. The van der Waals surface area contributed by atoms with Gasteiger partial charge in [-0.25, -0.2) is 0 Å². The van der Waals surface area contributed by atoms with E-state index in [1.165, 1.54) is 0 Å². The van der Waals surface area contributed by atoms with Crippen molar-refractivity contribution in [1.82, 2.24) is 0 Å². The number of para-hydroxylation sites is 1. The summed E-state index contributed by atoms with van der Waals surface area (Å²) in [4.78, 5) is 40.7. The number of hydrogen-bond acceptors (Lipinski definition) is 7. The molecular weight excluding hydrogens is 482 g/mol. The van der Waals surface area contributed by atoms with E-state index in [4.69, 9.17) is 4.42 Å². The van der Waals surface area contributed by atoms with Crippen LogP contribution in [0.15, 0.2) is 62.5 Å². The third-order valence-corrected chi connectivity index (χ3v) is 7.15. The summed E-state index contributed by atoms with van der Waals surface area (Å²) in [5, 5.41) is 16.1. The number of amides is 1. The molecule has 1 amide bonds. The van der Waals surface area contributed by atoms with Crippen LogP contribution in [0, 0.1) is 19.3 Å². The maximum atomic E-state index is 13.7. The van der Waals surface area contributed by atoms with Crippen molar-refractivity contribution in [2.45, 2.75) is 53.8 Å². The predicted octanol–water partition coefficient (Wildman–Crippen LogP) is 5.09. The van der Waals surface area contributed by atoms with E-state index >= 15 is 0 Å². The Morgan fingerprint density at radius 2 is 1.68 bits per heavy atom. The number of carbonyl (C=O) groups is 1. The molecule has 0 saturated heterocycles. The first-order chi connectivity index (χ1) is 18.0. The van der Waals surface area contributed by atoms with Crippen molar-refractivity contribution < 1.29 is 14.3 Å². The Hall–Kier alpha value is -4.17. The lowest BCUT2D eigenvalue weighted by Gasteiger charge is -2.31. The van der Waals surface area contributed by atoms with Crippen molar-refractivity contribution in [3.63, 3.8) is 0 Å². The minimum Gasteiger partial charge on any atom is -0.464 e. The smallest absolute Gasteiger partial charge is 0.261 e. The molecule has 0 bridgehead atoms. The fourth-order valence-electron chi connectivity index (χ4n) is 5.02. The average Bonchev–Trinajstić information content (AvgIpc) is 3.47. The molecule has 1 aliphatic rings. The van der Waals surface area contributed by atoms with Gasteiger partial charge in [-0.2, -0.15) is 0 Å². The number of aliphatic hydroxyl groups is 1. The fourth-order valence-corrected chi connectivity index (χ4v) is 5.02. The number of aryl methyl sites for hydroxylation is 2. The van der Waals surface area contributed by atoms with Gasteiger partial charge in [0.25, 0.3) is 16.8 Å². The number of carbonyl (C=O) groups excluding carboxylic acids is 1. The van der Waals surface area contributed by atoms with Crippen molar-refractivity contribution in [3.8, 4) is 0 Å². The summed E-state index contributed by atoms with van der Waals surface area (Å²) in [6.07, 6.45) is 0. The van der Waals surface area contributed by atoms with E-state index in [0.29, 0.717) is 34.8 Å². The van der Waals surface area contributed by atoms with Gasteiger partial charge < -0.3 is 25.1 Å². The highest BCUT2D eigenvalue weighted by Crippen LogP contribution is 2.40. The summed E-state index contributed by atoms with van der Waals surface area (Å²) in [5.41, 5.74) is 2.68. The van der Waals surface area contributed by atoms with E-state index in [1.54, 1.807) is 23.1 Å². The normalized spacial score (nSPS) is 14.2. The van der Waals surface area contributed by atoms with Crippen LogP contribution < -0.4 is 26.4 Å². The first-order valence-electron chi connectivity index (χ1n) is 12.6. The van der Waals surface area contributed by atoms with Crippen molar-refractivity contribution in [2.75, 3.05) is 15.5 Å². The lowest BCUT2D eigenvalue weighted by atomic mass is 9.85. The largest absolute Gasteiger partial charge is 0.464 e. The first kappa shape index (κ1) is 25.5. The molecule has 1 aliphatic heterocycles. The van der Waals surface area contributed by atoms with Crippen LogP contribution in [0.2, 0.25) is 0 Å². The Morgan fingerprint density at radius 3 is 2.34 bits per heavy atom. The molecule has 1 aromatic heterocycles. The van der Waals surface area contributed by atoms with Gasteiger partial charge >= 0.3 is 0 Å². The maximum Gasteiger partial charge on any atom is 0.261 e. The zero-order chi connectivity index (χ0) is 27.4. The van der Waals surface area contributed by atoms with Gasteiger partial charge in [-0.15, -0.1) is 0 Å². The summed E-state index contributed by atoms with van der Waals surface area (Å²) in [5.74, 6) is 1.18. The molecule has 8 nitrogen and oxygen atoms in total. The van der Waals surface area contributed by atoms with E-state index in [2.05, 4.69) is 10.6 Å². The van der Waals surface area contributed by atoms with Crippen LogP contribution in [0.25, 0.3) is 0 Å². The minimum absolute atomic E-state index is 0.126. The highest BCUT2D eigenvalue weighted by molar-refractivity contribution is 6.14. The lowest BCUT2D eigenvalue weighted by molar-refractivity contribution is 0.0997. The summed E-state index contributed by atoms with van der Waals surface area (Å²) in [7, 11) is 0. The molecule has 1 atom stereocenters. The highest BCUT2D eigenvalue weighted by atomic mass is 16.3. The zero-order valence-electron chi connectivity index (χ0n) is 22.1. The van der Waals surface area contributed by atoms with Crippen LogP contribution in [0.1, 0.15) is 65.4 Å². The predicted molar refractivity (Wildman–Crippen MR) is 148 cm³/mol. The molecule has 0 fully saturated rings. The third-order valence-electron chi connectivity index (χ3n) is 7.15. The Balaban J connectivity index is 1.50. The quantitative estimate of drug-likeness (QED) is 0.295. The van der Waals surface area contributed by atoms with E-state index < -0.39 is 10.9 Å². The first-order valence-corrected chi connectivity index (χ1v) is 12.6. The number of furan rings is 1. The van der Waals surface area contributed by atoms with Gasteiger partial charge in [-0.05, 0) is 54.7 Å².